The fourth-order valence-electron chi connectivity index (χ4n) is 6.03. The minimum absolute atomic E-state index is 0.00371. The number of hydrogen-bond acceptors (Lipinski definition) is 8. The first-order chi connectivity index (χ1) is 22.1. The number of aromatic nitrogens is 1. The molecule has 1 aromatic heterocycles. The molecule has 1 saturated heterocycles. The highest BCUT2D eigenvalue weighted by Crippen LogP contribution is 2.42. The molecule has 3 heterocycles. The molecule has 0 radical (unpaired) electrons. The van der Waals surface area contributed by atoms with Gasteiger partial charge in [0.1, 0.15) is 17.5 Å². The van der Waals surface area contributed by atoms with Crippen LogP contribution in [0.15, 0.2) is 34.5 Å². The Labute approximate surface area is 285 Å². The zero-order valence-corrected chi connectivity index (χ0v) is 29.4. The number of ether oxygens (including phenoxy) is 2. The van der Waals surface area contributed by atoms with Gasteiger partial charge in [-0.25, -0.2) is 14.6 Å². The van der Waals surface area contributed by atoms with Gasteiger partial charge in [0, 0.05) is 44.3 Å². The van der Waals surface area contributed by atoms with Crippen molar-refractivity contribution in [1.82, 2.24) is 19.7 Å². The van der Waals surface area contributed by atoms with Crippen LogP contribution >= 0.6 is 23.2 Å². The van der Waals surface area contributed by atoms with E-state index in [4.69, 9.17) is 42.1 Å². The summed E-state index contributed by atoms with van der Waals surface area (Å²) in [5, 5.41) is 10.1. The molecular weight excluding hydrogens is 647 g/mol. The van der Waals surface area contributed by atoms with E-state index in [1.807, 2.05) is 6.07 Å². The summed E-state index contributed by atoms with van der Waals surface area (Å²) in [6.45, 7) is 11.1. The van der Waals surface area contributed by atoms with Crippen molar-refractivity contribution in [3.05, 3.63) is 57.2 Å². The number of fused-ring (bicyclic) bond motifs is 2. The quantitative estimate of drug-likeness (QED) is 0.334. The van der Waals surface area contributed by atoms with Gasteiger partial charge in [-0.2, -0.15) is 0 Å². The second-order valence-electron chi connectivity index (χ2n) is 14.4. The molecule has 1 N–H and O–H groups in total. The maximum Gasteiger partial charge on any atom is 0.411 e. The Balaban J connectivity index is 1.63. The molecule has 3 aliphatic rings. The van der Waals surface area contributed by atoms with Crippen LogP contribution in [-0.2, 0) is 27.2 Å². The van der Waals surface area contributed by atoms with Gasteiger partial charge in [-0.05, 0) is 78.9 Å². The Morgan fingerprint density at radius 2 is 1.72 bits per heavy atom. The molecule has 47 heavy (non-hydrogen) atoms. The summed E-state index contributed by atoms with van der Waals surface area (Å²) in [5.74, 6) is -0.0286. The lowest BCUT2D eigenvalue weighted by Crippen LogP contribution is -2.66. The molecule has 2 fully saturated rings. The number of aliphatic hydroxyl groups excluding tert-OH is 1. The van der Waals surface area contributed by atoms with Crippen molar-refractivity contribution in [2.45, 2.75) is 110 Å². The maximum atomic E-state index is 15.0. The fraction of sp³-hybridized carbons (Fsp3) is 0.588. The van der Waals surface area contributed by atoms with Gasteiger partial charge in [-0.15, -0.1) is 0 Å². The highest BCUT2D eigenvalue weighted by Gasteiger charge is 2.51. The van der Waals surface area contributed by atoms with E-state index in [0.717, 1.165) is 12.8 Å². The van der Waals surface area contributed by atoms with Crippen LogP contribution in [-0.4, -0.2) is 91.9 Å². The van der Waals surface area contributed by atoms with Crippen molar-refractivity contribution < 1.29 is 33.4 Å². The number of rotatable bonds is 8. The topological polar surface area (TPSA) is 126 Å². The van der Waals surface area contributed by atoms with Gasteiger partial charge in [-0.3, -0.25) is 9.69 Å². The summed E-state index contributed by atoms with van der Waals surface area (Å²) in [4.78, 5) is 51.9. The molecule has 13 heteroatoms. The normalized spacial score (nSPS) is 19.9. The lowest BCUT2D eigenvalue weighted by molar-refractivity contribution is -0.129. The molecule has 2 atom stereocenters. The third kappa shape index (κ3) is 8.24. The zero-order valence-electron chi connectivity index (χ0n) is 27.8. The lowest BCUT2D eigenvalue weighted by Gasteiger charge is -2.50. The van der Waals surface area contributed by atoms with Gasteiger partial charge < -0.3 is 28.8 Å². The largest absolute Gasteiger partial charge is 0.445 e. The Morgan fingerprint density at radius 1 is 1.04 bits per heavy atom. The molecule has 256 valence electrons. The number of aryl methyl sites for hydroxylation is 1. The van der Waals surface area contributed by atoms with E-state index in [1.165, 1.54) is 6.26 Å². The molecule has 2 aliphatic heterocycles. The number of nitrogens with zero attached hydrogens (tertiary/aromatic N) is 4. The van der Waals surface area contributed by atoms with Gasteiger partial charge in [0.2, 0.25) is 5.89 Å². The number of benzene rings is 1. The fourth-order valence-corrected chi connectivity index (χ4v) is 6.41. The smallest absolute Gasteiger partial charge is 0.411 e. The number of carbonyl (C=O) groups excluding carboxylic acids is 3. The summed E-state index contributed by atoms with van der Waals surface area (Å²) in [5.41, 5.74) is 0.690. The van der Waals surface area contributed by atoms with Crippen molar-refractivity contribution in [1.29, 1.82) is 0 Å². The van der Waals surface area contributed by atoms with Crippen LogP contribution in [0.3, 0.4) is 0 Å². The monoisotopic (exact) mass is 690 g/mol. The van der Waals surface area contributed by atoms with Crippen molar-refractivity contribution in [3.63, 3.8) is 0 Å². The molecule has 0 spiro atoms. The van der Waals surface area contributed by atoms with Crippen molar-refractivity contribution >= 4 is 46.9 Å². The Kier molecular flexibility index (Phi) is 10.2. The first-order valence-electron chi connectivity index (χ1n) is 16.1. The second kappa shape index (κ2) is 13.7. The van der Waals surface area contributed by atoms with Crippen LogP contribution in [0.25, 0.3) is 5.57 Å². The number of amides is 3. The van der Waals surface area contributed by atoms with Gasteiger partial charge in [0.15, 0.2) is 0 Å². The maximum absolute atomic E-state index is 15.0. The molecular formula is C34H44Cl2N4O7. The molecule has 11 nitrogen and oxygen atoms in total. The average molecular weight is 692 g/mol. The highest BCUT2D eigenvalue weighted by molar-refractivity contribution is 6.42. The Bertz CT molecular complexity index is 1540. The van der Waals surface area contributed by atoms with Crippen LogP contribution in [0, 0.1) is 0 Å². The molecule has 2 unspecified atom stereocenters. The third-order valence-corrected chi connectivity index (χ3v) is 9.02. The van der Waals surface area contributed by atoms with Crippen LogP contribution < -0.4 is 0 Å². The van der Waals surface area contributed by atoms with Crippen molar-refractivity contribution in [2.24, 2.45) is 0 Å². The average Bonchev–Trinajstić information content (AvgIpc) is 3.70. The summed E-state index contributed by atoms with van der Waals surface area (Å²) >= 11 is 12.9. The minimum atomic E-state index is -0.878. The molecule has 2 bridgehead atoms. The van der Waals surface area contributed by atoms with Gasteiger partial charge in [-0.1, -0.05) is 35.3 Å². The van der Waals surface area contributed by atoms with Crippen LogP contribution in [0.2, 0.25) is 10.0 Å². The van der Waals surface area contributed by atoms with E-state index in [2.05, 4.69) is 0 Å². The highest BCUT2D eigenvalue weighted by atomic mass is 35.5. The SMILES string of the molecule is CC(C)(C)OC(=O)N1CC2CC(c3nc(CCCO)co3)=C(C(=O)N(Cc3cccc(Cl)c3Cl)C3CC3)C(C1)N2C(=O)OC(C)(C)C. The lowest BCUT2D eigenvalue weighted by atomic mass is 9.84. The summed E-state index contributed by atoms with van der Waals surface area (Å²) in [6.07, 6.45) is 3.25. The Morgan fingerprint density at radius 3 is 2.36 bits per heavy atom. The number of hydrogen-bond donors (Lipinski definition) is 1. The molecule has 1 aliphatic carbocycles. The van der Waals surface area contributed by atoms with Crippen LogP contribution in [0.1, 0.15) is 84.4 Å². The molecule has 5 rings (SSSR count). The van der Waals surface area contributed by atoms with Gasteiger partial charge in [0.25, 0.3) is 5.91 Å². The summed E-state index contributed by atoms with van der Waals surface area (Å²) in [6, 6.07) is 3.85. The predicted octanol–water partition coefficient (Wildman–Crippen LogP) is 6.48. The standard InChI is InChI=1S/C34H44Cl2N4O7/c1-33(2,3)46-31(43)38-17-23-15-24(29-37-21(19-45-29)10-8-14-41)27(26(18-38)40(23)32(44)47-34(4,5)6)30(42)39(22-12-13-22)16-20-9-7-11-25(35)28(20)36/h7,9,11,19,22-23,26,41H,8,10,12-18H2,1-6H3. The van der Waals surface area contributed by atoms with E-state index >= 15 is 0 Å². The first kappa shape index (κ1) is 35.0. The number of carbonyl (C=O) groups is 3. The summed E-state index contributed by atoms with van der Waals surface area (Å²) < 4.78 is 17.6. The predicted molar refractivity (Wildman–Crippen MR) is 177 cm³/mol. The van der Waals surface area contributed by atoms with Crippen molar-refractivity contribution in [2.75, 3.05) is 19.7 Å². The van der Waals surface area contributed by atoms with Crippen LogP contribution in [0.5, 0.6) is 0 Å². The number of aliphatic hydroxyl groups is 1. The van der Waals surface area contributed by atoms with Crippen molar-refractivity contribution in [3.8, 4) is 0 Å². The first-order valence-corrected chi connectivity index (χ1v) is 16.8. The molecule has 2 aromatic rings. The molecule has 3 amide bonds. The zero-order chi connectivity index (χ0) is 34.3. The molecule has 1 saturated carbocycles. The van der Waals surface area contributed by atoms with E-state index in [9.17, 15) is 19.5 Å². The van der Waals surface area contributed by atoms with E-state index < -0.39 is 35.5 Å². The Hall–Kier alpha value is -3.28. The van der Waals surface area contributed by atoms with E-state index in [-0.39, 0.29) is 50.5 Å². The third-order valence-electron chi connectivity index (χ3n) is 8.16. The van der Waals surface area contributed by atoms with Gasteiger partial charge >= 0.3 is 12.2 Å². The number of halogens is 2. The summed E-state index contributed by atoms with van der Waals surface area (Å²) in [7, 11) is 0. The van der Waals surface area contributed by atoms with E-state index in [1.54, 1.807) is 68.4 Å². The second-order valence-corrected chi connectivity index (χ2v) is 15.2. The minimum Gasteiger partial charge on any atom is -0.445 e. The van der Waals surface area contributed by atoms with Crippen LogP contribution in [0.4, 0.5) is 9.59 Å². The molecule has 1 aromatic carbocycles. The number of piperazine rings is 1. The van der Waals surface area contributed by atoms with Gasteiger partial charge in [0.05, 0.1) is 33.4 Å². The number of oxazole rings is 1. The van der Waals surface area contributed by atoms with E-state index in [0.29, 0.717) is 45.3 Å².